The first-order valence-electron chi connectivity index (χ1n) is 5.25. The van der Waals surface area contributed by atoms with Crippen molar-refractivity contribution >= 4 is 45.0 Å². The van der Waals surface area contributed by atoms with Gasteiger partial charge in [-0.3, -0.25) is 4.79 Å². The molecule has 1 rings (SSSR count). The van der Waals surface area contributed by atoms with Gasteiger partial charge < -0.3 is 5.32 Å². The van der Waals surface area contributed by atoms with Crippen LogP contribution < -0.4 is 5.32 Å². The summed E-state index contributed by atoms with van der Waals surface area (Å²) in [5.74, 6) is 0.155. The van der Waals surface area contributed by atoms with Crippen LogP contribution >= 0.6 is 39.1 Å². The van der Waals surface area contributed by atoms with E-state index < -0.39 is 5.54 Å². The van der Waals surface area contributed by atoms with Gasteiger partial charge in [0.25, 0.3) is 5.91 Å². The van der Waals surface area contributed by atoms with E-state index in [1.807, 2.05) is 13.8 Å². The first-order valence-corrected chi connectivity index (χ1v) is 6.96. The molecule has 94 valence electrons. The quantitative estimate of drug-likeness (QED) is 0.817. The van der Waals surface area contributed by atoms with E-state index in [1.54, 1.807) is 18.2 Å². The van der Waals surface area contributed by atoms with E-state index >= 15 is 0 Å². The predicted octanol–water partition coefficient (Wildman–Crippen LogP) is 4.24. The standard InChI is InChI=1S/C12H14BrCl2NO/c1-3-12(2,7-14)16-11(17)9-6-8(13)4-5-10(9)15/h4-6H,3,7H2,1-2H3,(H,16,17). The van der Waals surface area contributed by atoms with Crippen molar-refractivity contribution in [2.75, 3.05) is 5.88 Å². The zero-order chi connectivity index (χ0) is 13.1. The van der Waals surface area contributed by atoms with Gasteiger partial charge in [0.2, 0.25) is 0 Å². The van der Waals surface area contributed by atoms with Crippen molar-refractivity contribution < 1.29 is 4.79 Å². The summed E-state index contributed by atoms with van der Waals surface area (Å²) in [4.78, 5) is 12.1. The third-order valence-corrected chi connectivity index (χ3v) is 4.08. The topological polar surface area (TPSA) is 29.1 Å². The predicted molar refractivity (Wildman–Crippen MR) is 76.0 cm³/mol. The molecule has 0 saturated carbocycles. The molecule has 0 bridgehead atoms. The number of hydrogen-bond acceptors (Lipinski definition) is 1. The third-order valence-electron chi connectivity index (χ3n) is 2.66. The van der Waals surface area contributed by atoms with Crippen LogP contribution in [-0.2, 0) is 0 Å². The lowest BCUT2D eigenvalue weighted by molar-refractivity contribution is 0.0912. The van der Waals surface area contributed by atoms with Gasteiger partial charge in [-0.1, -0.05) is 34.5 Å². The van der Waals surface area contributed by atoms with Gasteiger partial charge in [-0.25, -0.2) is 0 Å². The molecule has 2 nitrogen and oxygen atoms in total. The molecule has 0 fully saturated rings. The van der Waals surface area contributed by atoms with Crippen molar-refractivity contribution in [1.82, 2.24) is 5.32 Å². The number of carbonyl (C=O) groups is 1. The van der Waals surface area contributed by atoms with Crippen LogP contribution in [0.5, 0.6) is 0 Å². The Bertz CT molecular complexity index is 419. The van der Waals surface area contributed by atoms with E-state index in [4.69, 9.17) is 23.2 Å². The molecule has 0 radical (unpaired) electrons. The average molecular weight is 339 g/mol. The van der Waals surface area contributed by atoms with Gasteiger partial charge in [-0.2, -0.15) is 0 Å². The molecule has 1 amide bonds. The molecular weight excluding hydrogens is 325 g/mol. The average Bonchev–Trinajstić information content (AvgIpc) is 2.32. The minimum Gasteiger partial charge on any atom is -0.346 e. The molecule has 0 heterocycles. The Morgan fingerprint density at radius 2 is 2.18 bits per heavy atom. The Hall–Kier alpha value is -0.250. The molecule has 0 saturated heterocycles. The summed E-state index contributed by atoms with van der Waals surface area (Å²) in [5.41, 5.74) is 0.0374. The van der Waals surface area contributed by atoms with Crippen LogP contribution in [0.15, 0.2) is 22.7 Å². The Labute approximate surface area is 120 Å². The van der Waals surface area contributed by atoms with Crippen LogP contribution in [0.25, 0.3) is 0 Å². The highest BCUT2D eigenvalue weighted by molar-refractivity contribution is 9.10. The van der Waals surface area contributed by atoms with Gasteiger partial charge in [0.05, 0.1) is 16.1 Å². The van der Waals surface area contributed by atoms with Crippen LogP contribution in [0, 0.1) is 0 Å². The van der Waals surface area contributed by atoms with Crippen molar-refractivity contribution in [2.45, 2.75) is 25.8 Å². The SMILES string of the molecule is CCC(C)(CCl)NC(=O)c1cc(Br)ccc1Cl. The van der Waals surface area contributed by atoms with E-state index in [9.17, 15) is 4.79 Å². The van der Waals surface area contributed by atoms with E-state index in [0.717, 1.165) is 10.9 Å². The maximum atomic E-state index is 12.1. The van der Waals surface area contributed by atoms with Gasteiger partial charge in [0.15, 0.2) is 0 Å². The summed E-state index contributed by atoms with van der Waals surface area (Å²) in [5, 5.41) is 3.33. The fraction of sp³-hybridized carbons (Fsp3) is 0.417. The summed E-state index contributed by atoms with van der Waals surface area (Å²) in [6.45, 7) is 3.88. The van der Waals surface area contributed by atoms with Crippen molar-refractivity contribution in [3.63, 3.8) is 0 Å². The number of alkyl halides is 1. The van der Waals surface area contributed by atoms with Crippen LogP contribution in [0.3, 0.4) is 0 Å². The number of carbonyl (C=O) groups excluding carboxylic acids is 1. The smallest absolute Gasteiger partial charge is 0.253 e. The Morgan fingerprint density at radius 1 is 1.53 bits per heavy atom. The van der Waals surface area contributed by atoms with Crippen LogP contribution in [-0.4, -0.2) is 17.3 Å². The molecule has 1 N–H and O–H groups in total. The molecule has 0 aliphatic rings. The van der Waals surface area contributed by atoms with Crippen LogP contribution in [0.4, 0.5) is 0 Å². The monoisotopic (exact) mass is 337 g/mol. The summed E-state index contributed by atoms with van der Waals surface area (Å²) >= 11 is 15.2. The molecule has 1 aromatic carbocycles. The fourth-order valence-electron chi connectivity index (χ4n) is 1.23. The molecule has 0 aliphatic heterocycles. The van der Waals surface area contributed by atoms with Crippen LogP contribution in [0.1, 0.15) is 30.6 Å². The maximum Gasteiger partial charge on any atom is 0.253 e. The van der Waals surface area contributed by atoms with Gasteiger partial charge in [0, 0.05) is 10.4 Å². The lowest BCUT2D eigenvalue weighted by Crippen LogP contribution is -2.47. The molecule has 1 aromatic rings. The molecule has 0 aromatic heterocycles. The number of rotatable bonds is 4. The molecule has 17 heavy (non-hydrogen) atoms. The normalized spacial score (nSPS) is 14.2. The van der Waals surface area contributed by atoms with E-state index in [2.05, 4.69) is 21.2 Å². The largest absolute Gasteiger partial charge is 0.346 e. The Balaban J connectivity index is 2.94. The minimum atomic E-state index is -0.412. The van der Waals surface area contributed by atoms with Crippen molar-refractivity contribution in [3.05, 3.63) is 33.3 Å². The van der Waals surface area contributed by atoms with Crippen molar-refractivity contribution in [3.8, 4) is 0 Å². The molecular formula is C12H14BrCl2NO. The lowest BCUT2D eigenvalue weighted by atomic mass is 10.0. The van der Waals surface area contributed by atoms with E-state index in [0.29, 0.717) is 16.5 Å². The first kappa shape index (κ1) is 14.8. The third kappa shape index (κ3) is 3.87. The summed E-state index contributed by atoms with van der Waals surface area (Å²) in [6.07, 6.45) is 0.758. The van der Waals surface area contributed by atoms with Crippen LogP contribution in [0.2, 0.25) is 5.02 Å². The molecule has 0 aliphatic carbocycles. The first-order chi connectivity index (χ1) is 7.91. The summed E-state index contributed by atoms with van der Waals surface area (Å²) in [7, 11) is 0. The minimum absolute atomic E-state index is 0.207. The second kappa shape index (κ2) is 6.07. The highest BCUT2D eigenvalue weighted by atomic mass is 79.9. The number of hydrogen-bond donors (Lipinski definition) is 1. The fourth-order valence-corrected chi connectivity index (χ4v) is 2.05. The molecule has 1 unspecified atom stereocenters. The highest BCUT2D eigenvalue weighted by Crippen LogP contribution is 2.22. The van der Waals surface area contributed by atoms with Gasteiger partial charge in [-0.15, -0.1) is 11.6 Å². The van der Waals surface area contributed by atoms with Gasteiger partial charge >= 0.3 is 0 Å². The lowest BCUT2D eigenvalue weighted by Gasteiger charge is -2.27. The second-order valence-electron chi connectivity index (χ2n) is 4.13. The molecule has 0 spiro atoms. The van der Waals surface area contributed by atoms with E-state index in [1.165, 1.54) is 0 Å². The zero-order valence-corrected chi connectivity index (χ0v) is 12.8. The summed E-state index contributed by atoms with van der Waals surface area (Å²) in [6, 6.07) is 5.17. The van der Waals surface area contributed by atoms with E-state index in [-0.39, 0.29) is 5.91 Å². The van der Waals surface area contributed by atoms with Crippen molar-refractivity contribution in [2.24, 2.45) is 0 Å². The number of amides is 1. The number of nitrogens with one attached hydrogen (secondary N) is 1. The second-order valence-corrected chi connectivity index (χ2v) is 5.72. The molecule has 5 heteroatoms. The Kier molecular flexibility index (Phi) is 5.29. The highest BCUT2D eigenvalue weighted by Gasteiger charge is 2.24. The summed E-state index contributed by atoms with van der Waals surface area (Å²) < 4.78 is 0.816. The zero-order valence-electron chi connectivity index (χ0n) is 9.69. The number of benzene rings is 1. The van der Waals surface area contributed by atoms with Crippen molar-refractivity contribution in [1.29, 1.82) is 0 Å². The van der Waals surface area contributed by atoms with Gasteiger partial charge in [0.1, 0.15) is 0 Å². The maximum absolute atomic E-state index is 12.1. The molecule has 1 atom stereocenters. The number of halogens is 3. The van der Waals surface area contributed by atoms with Gasteiger partial charge in [-0.05, 0) is 31.5 Å². The Morgan fingerprint density at radius 3 is 2.71 bits per heavy atom.